The average Bonchev–Trinajstić information content (AvgIpc) is 2.67. The minimum Gasteiger partial charge on any atom is -0.459 e. The largest absolute Gasteiger partial charge is 0.459 e. The van der Waals surface area contributed by atoms with Crippen LogP contribution in [0.1, 0.15) is 37.3 Å². The van der Waals surface area contributed by atoms with Crippen molar-refractivity contribution < 1.29 is 23.5 Å². The Labute approximate surface area is 160 Å². The average molecular weight is 390 g/mol. The lowest BCUT2D eigenvalue weighted by Gasteiger charge is -2.20. The fraction of sp³-hybridized carbons (Fsp3) is 0.381. The molecule has 0 bridgehead atoms. The van der Waals surface area contributed by atoms with Gasteiger partial charge in [0.2, 0.25) is 0 Å². The normalized spacial score (nSPS) is 14.3. The minimum absolute atomic E-state index is 0.00801. The highest BCUT2D eigenvalue weighted by Crippen LogP contribution is 2.45. The van der Waals surface area contributed by atoms with Gasteiger partial charge in [-0.2, -0.15) is 0 Å². The lowest BCUT2D eigenvalue weighted by Crippen LogP contribution is -2.26. The monoisotopic (exact) mass is 390 g/mol. The fourth-order valence-corrected chi connectivity index (χ4v) is 3.93. The predicted molar refractivity (Wildman–Crippen MR) is 105 cm³/mol. The first kappa shape index (κ1) is 21.4. The number of hydrogen-bond donors (Lipinski definition) is 1. The van der Waals surface area contributed by atoms with Crippen LogP contribution in [0.15, 0.2) is 60.7 Å². The number of carbonyl (C=O) groups is 1. The molecule has 2 atom stereocenters. The molecule has 27 heavy (non-hydrogen) atoms. The van der Waals surface area contributed by atoms with E-state index in [1.54, 1.807) is 0 Å². The van der Waals surface area contributed by atoms with Crippen LogP contribution in [0, 0.1) is 0 Å². The Kier molecular flexibility index (Phi) is 8.73. The molecule has 0 aromatic heterocycles. The zero-order valence-electron chi connectivity index (χ0n) is 15.6. The van der Waals surface area contributed by atoms with Gasteiger partial charge in [0, 0.05) is 0 Å². The molecule has 0 fully saturated rings. The lowest BCUT2D eigenvalue weighted by molar-refractivity contribution is -0.154. The van der Waals surface area contributed by atoms with Gasteiger partial charge < -0.3 is 9.63 Å². The number of benzene rings is 2. The first-order chi connectivity index (χ1) is 13.0. The Morgan fingerprint density at radius 1 is 1.04 bits per heavy atom. The summed E-state index contributed by atoms with van der Waals surface area (Å²) in [5, 5.41) is 0. The molecule has 2 aromatic rings. The number of ether oxygens (including phenoxy) is 1. The maximum absolute atomic E-state index is 12.4. The van der Waals surface area contributed by atoms with E-state index in [4.69, 9.17) is 9.26 Å². The van der Waals surface area contributed by atoms with Gasteiger partial charge in [0.1, 0.15) is 6.61 Å². The second-order valence-corrected chi connectivity index (χ2v) is 8.36. The van der Waals surface area contributed by atoms with Crippen LogP contribution in [0.3, 0.4) is 0 Å². The summed E-state index contributed by atoms with van der Waals surface area (Å²) in [5.41, 5.74) is 1.96. The number of carbonyl (C=O) groups excluding carboxylic acids is 1. The smallest absolute Gasteiger partial charge is 0.336 e. The molecule has 2 rings (SSSR count). The van der Waals surface area contributed by atoms with E-state index in [-0.39, 0.29) is 12.8 Å². The van der Waals surface area contributed by atoms with E-state index < -0.39 is 19.7 Å². The van der Waals surface area contributed by atoms with Gasteiger partial charge in [-0.25, -0.2) is 4.79 Å². The van der Waals surface area contributed by atoms with Crippen LogP contribution in [0.5, 0.6) is 0 Å². The molecule has 0 amide bonds. The summed E-state index contributed by atoms with van der Waals surface area (Å²) in [5.74, 6) is -0.599. The highest BCUT2D eigenvalue weighted by Gasteiger charge is 2.30. The highest BCUT2D eigenvalue weighted by atomic mass is 31.2. The molecule has 0 saturated heterocycles. The van der Waals surface area contributed by atoms with Crippen molar-refractivity contribution in [3.05, 3.63) is 71.8 Å². The Hall–Kier alpha value is -1.94. The van der Waals surface area contributed by atoms with Crippen LogP contribution in [-0.4, -0.2) is 23.1 Å². The molecule has 2 aromatic carbocycles. The van der Waals surface area contributed by atoms with Crippen LogP contribution >= 0.6 is 7.60 Å². The van der Waals surface area contributed by atoms with Gasteiger partial charge in [-0.3, -0.25) is 9.09 Å². The van der Waals surface area contributed by atoms with Crippen molar-refractivity contribution in [1.29, 1.82) is 0 Å². The van der Waals surface area contributed by atoms with Gasteiger partial charge >= 0.3 is 13.6 Å². The van der Waals surface area contributed by atoms with E-state index in [0.717, 1.165) is 11.1 Å². The van der Waals surface area contributed by atoms with Crippen molar-refractivity contribution in [2.45, 2.75) is 45.3 Å². The van der Waals surface area contributed by atoms with Gasteiger partial charge in [-0.15, -0.1) is 0 Å². The number of esters is 1. The Morgan fingerprint density at radius 3 is 2.22 bits per heavy atom. The Morgan fingerprint density at radius 2 is 1.63 bits per heavy atom. The lowest BCUT2D eigenvalue weighted by atomic mass is 10.1. The fourth-order valence-electron chi connectivity index (χ4n) is 2.68. The molecule has 0 aliphatic carbocycles. The molecule has 1 N–H and O–H groups in total. The Balaban J connectivity index is 1.84. The highest BCUT2D eigenvalue weighted by molar-refractivity contribution is 7.52. The SMILES string of the molecule is CCC[C@H](OP(=O)(O)CCCc1ccccc1)C(=O)OCc1ccccc1. The number of aryl methyl sites for hydroxylation is 1. The summed E-state index contributed by atoms with van der Waals surface area (Å²) in [7, 11) is -3.87. The van der Waals surface area contributed by atoms with Crippen LogP contribution in [-0.2, 0) is 31.6 Å². The topological polar surface area (TPSA) is 72.8 Å². The summed E-state index contributed by atoms with van der Waals surface area (Å²) in [4.78, 5) is 22.4. The van der Waals surface area contributed by atoms with Gasteiger partial charge in [0.25, 0.3) is 0 Å². The van der Waals surface area contributed by atoms with Crippen LogP contribution in [0.4, 0.5) is 0 Å². The molecule has 0 spiro atoms. The Bertz CT molecular complexity index is 733. The standard InChI is InChI=1S/C21H27O5P/c1-2-10-20(21(22)25-17-19-13-7-4-8-14-19)26-27(23,24)16-9-15-18-11-5-3-6-12-18/h3-8,11-14,20H,2,9-10,15-17H2,1H3,(H,23,24)/t20-/m0/s1. The van der Waals surface area contributed by atoms with Gasteiger partial charge in [0.05, 0.1) is 6.16 Å². The van der Waals surface area contributed by atoms with E-state index in [1.165, 1.54) is 0 Å². The van der Waals surface area contributed by atoms with Gasteiger partial charge in [0.15, 0.2) is 6.10 Å². The second kappa shape index (κ2) is 11.0. The molecule has 0 radical (unpaired) electrons. The molecule has 0 heterocycles. The molecule has 0 saturated carbocycles. The van der Waals surface area contributed by atoms with E-state index in [2.05, 4.69) is 0 Å². The number of hydrogen-bond acceptors (Lipinski definition) is 4. The third-order valence-electron chi connectivity index (χ3n) is 4.08. The summed E-state index contributed by atoms with van der Waals surface area (Å²) in [6, 6.07) is 19.1. The first-order valence-electron chi connectivity index (χ1n) is 9.25. The van der Waals surface area contributed by atoms with E-state index in [1.807, 2.05) is 67.6 Å². The van der Waals surface area contributed by atoms with Crippen LogP contribution < -0.4 is 0 Å². The maximum Gasteiger partial charge on any atom is 0.336 e. The van der Waals surface area contributed by atoms with Crippen molar-refractivity contribution in [1.82, 2.24) is 0 Å². The van der Waals surface area contributed by atoms with Gasteiger partial charge in [-0.1, -0.05) is 74.0 Å². The molecular formula is C21H27O5P. The van der Waals surface area contributed by atoms with Crippen molar-refractivity contribution in [3.63, 3.8) is 0 Å². The van der Waals surface area contributed by atoms with E-state index >= 15 is 0 Å². The zero-order valence-corrected chi connectivity index (χ0v) is 16.5. The summed E-state index contributed by atoms with van der Waals surface area (Å²) in [6.45, 7) is 2.01. The maximum atomic E-state index is 12.4. The third kappa shape index (κ3) is 8.08. The van der Waals surface area contributed by atoms with E-state index in [9.17, 15) is 14.3 Å². The zero-order chi connectivity index (χ0) is 19.5. The molecule has 0 aliphatic rings. The molecular weight excluding hydrogens is 363 g/mol. The minimum atomic E-state index is -3.87. The quantitative estimate of drug-likeness (QED) is 0.443. The van der Waals surface area contributed by atoms with E-state index in [0.29, 0.717) is 25.7 Å². The summed E-state index contributed by atoms with van der Waals surface area (Å²) in [6.07, 6.45) is 1.17. The molecule has 5 nitrogen and oxygen atoms in total. The third-order valence-corrected chi connectivity index (χ3v) is 5.54. The van der Waals surface area contributed by atoms with Gasteiger partial charge in [-0.05, 0) is 30.4 Å². The molecule has 146 valence electrons. The van der Waals surface area contributed by atoms with Crippen molar-refractivity contribution in [2.75, 3.05) is 6.16 Å². The first-order valence-corrected chi connectivity index (χ1v) is 11.0. The number of rotatable bonds is 11. The van der Waals surface area contributed by atoms with Crippen LogP contribution in [0.25, 0.3) is 0 Å². The predicted octanol–water partition coefficient (Wildman–Crippen LogP) is 4.73. The second-order valence-electron chi connectivity index (χ2n) is 6.43. The van der Waals surface area contributed by atoms with Crippen LogP contribution in [0.2, 0.25) is 0 Å². The summed E-state index contributed by atoms with van der Waals surface area (Å²) < 4.78 is 23.0. The summed E-state index contributed by atoms with van der Waals surface area (Å²) >= 11 is 0. The molecule has 0 aliphatic heterocycles. The van der Waals surface area contributed by atoms with Crippen molar-refractivity contribution in [2.24, 2.45) is 0 Å². The molecule has 1 unspecified atom stereocenters. The van der Waals surface area contributed by atoms with Crippen molar-refractivity contribution in [3.8, 4) is 0 Å². The van der Waals surface area contributed by atoms with Crippen molar-refractivity contribution >= 4 is 13.6 Å². The molecule has 6 heteroatoms.